The van der Waals surface area contributed by atoms with E-state index in [-0.39, 0.29) is 0 Å². The fourth-order valence-corrected chi connectivity index (χ4v) is 1.52. The predicted octanol–water partition coefficient (Wildman–Crippen LogP) is 1.14. The Morgan fingerprint density at radius 3 is 2.80 bits per heavy atom. The second-order valence-electron chi connectivity index (χ2n) is 4.17. The number of aliphatic hydroxyl groups excluding tert-OH is 1. The molecule has 80 valence electrons. The van der Waals surface area contributed by atoms with E-state index < -0.39 is 11.7 Å². The molecule has 0 aromatic carbocycles. The number of aliphatic hydroxyl groups is 2. The van der Waals surface area contributed by atoms with Crippen LogP contribution in [0.5, 0.6) is 0 Å². The van der Waals surface area contributed by atoms with Gasteiger partial charge in [-0.05, 0) is 26.0 Å². The van der Waals surface area contributed by atoms with Gasteiger partial charge in [0.1, 0.15) is 11.8 Å². The first-order valence-corrected chi connectivity index (χ1v) is 4.82. The Labute approximate surface area is 87.8 Å². The Morgan fingerprint density at radius 1 is 1.40 bits per heavy atom. The van der Waals surface area contributed by atoms with E-state index >= 15 is 0 Å². The lowest BCUT2D eigenvalue weighted by atomic mass is 10.00. The van der Waals surface area contributed by atoms with E-state index in [1.165, 1.54) is 0 Å². The van der Waals surface area contributed by atoms with Crippen LogP contribution in [0.25, 0.3) is 5.65 Å². The molecule has 0 bridgehead atoms. The minimum Gasteiger partial charge on any atom is -0.387 e. The summed E-state index contributed by atoms with van der Waals surface area (Å²) in [7, 11) is 0. The van der Waals surface area contributed by atoms with Crippen molar-refractivity contribution in [2.24, 2.45) is 0 Å². The molecule has 2 rings (SSSR count). The molecule has 4 heteroatoms. The van der Waals surface area contributed by atoms with E-state index in [1.54, 1.807) is 24.4 Å². The summed E-state index contributed by atoms with van der Waals surface area (Å²) in [5.41, 5.74) is 0.181. The average molecular weight is 206 g/mol. The Bertz CT molecular complexity index is 471. The summed E-state index contributed by atoms with van der Waals surface area (Å²) in [4.78, 5) is 4.15. The third kappa shape index (κ3) is 1.73. The van der Waals surface area contributed by atoms with E-state index in [0.717, 1.165) is 5.65 Å². The van der Waals surface area contributed by atoms with E-state index in [2.05, 4.69) is 4.98 Å². The number of nitrogens with zero attached hydrogens (tertiary/aromatic N) is 2. The van der Waals surface area contributed by atoms with Gasteiger partial charge >= 0.3 is 0 Å². The molecule has 0 amide bonds. The van der Waals surface area contributed by atoms with Crippen LogP contribution in [-0.2, 0) is 0 Å². The van der Waals surface area contributed by atoms with Crippen molar-refractivity contribution in [2.75, 3.05) is 0 Å². The van der Waals surface area contributed by atoms with Gasteiger partial charge in [-0.2, -0.15) is 0 Å². The van der Waals surface area contributed by atoms with Crippen molar-refractivity contribution in [1.29, 1.82) is 0 Å². The van der Waals surface area contributed by atoms with E-state index in [4.69, 9.17) is 0 Å². The maximum Gasteiger partial charge on any atom is 0.136 e. The summed E-state index contributed by atoms with van der Waals surface area (Å²) < 4.78 is 1.77. The SMILES string of the molecule is CC(C)(O)[C@@H](O)c1cnc2ccccn12. The molecule has 4 nitrogen and oxygen atoms in total. The van der Waals surface area contributed by atoms with Crippen LogP contribution in [-0.4, -0.2) is 25.2 Å². The summed E-state index contributed by atoms with van der Waals surface area (Å²) in [6.07, 6.45) is 2.44. The molecule has 0 unspecified atom stereocenters. The number of imidazole rings is 1. The number of pyridine rings is 1. The van der Waals surface area contributed by atoms with Crippen LogP contribution in [0.15, 0.2) is 30.6 Å². The van der Waals surface area contributed by atoms with Crippen LogP contribution in [0.4, 0.5) is 0 Å². The van der Waals surface area contributed by atoms with Gasteiger partial charge in [0, 0.05) is 6.20 Å². The molecule has 0 saturated heterocycles. The van der Waals surface area contributed by atoms with Crippen molar-refractivity contribution in [3.05, 3.63) is 36.3 Å². The molecule has 2 aromatic rings. The van der Waals surface area contributed by atoms with Gasteiger partial charge in [0.2, 0.25) is 0 Å². The largest absolute Gasteiger partial charge is 0.387 e. The molecule has 0 aliphatic heterocycles. The molecule has 0 fully saturated rings. The zero-order valence-corrected chi connectivity index (χ0v) is 8.75. The van der Waals surface area contributed by atoms with Crippen molar-refractivity contribution in [3.63, 3.8) is 0 Å². The highest BCUT2D eigenvalue weighted by Crippen LogP contribution is 2.25. The van der Waals surface area contributed by atoms with Crippen molar-refractivity contribution < 1.29 is 10.2 Å². The van der Waals surface area contributed by atoms with Crippen molar-refractivity contribution in [2.45, 2.75) is 25.6 Å². The van der Waals surface area contributed by atoms with Crippen LogP contribution in [0.2, 0.25) is 0 Å². The van der Waals surface area contributed by atoms with E-state index in [0.29, 0.717) is 5.69 Å². The molecule has 1 atom stereocenters. The van der Waals surface area contributed by atoms with Gasteiger partial charge in [-0.25, -0.2) is 4.98 Å². The normalized spacial score (nSPS) is 14.4. The predicted molar refractivity (Wildman–Crippen MR) is 56.4 cm³/mol. The average Bonchev–Trinajstić information content (AvgIpc) is 2.58. The van der Waals surface area contributed by atoms with Gasteiger partial charge < -0.3 is 14.6 Å². The molecular formula is C11H14N2O2. The van der Waals surface area contributed by atoms with Crippen LogP contribution in [0.1, 0.15) is 25.6 Å². The van der Waals surface area contributed by atoms with Crippen LogP contribution in [0.3, 0.4) is 0 Å². The number of hydrogen-bond acceptors (Lipinski definition) is 3. The van der Waals surface area contributed by atoms with Crippen molar-refractivity contribution in [1.82, 2.24) is 9.38 Å². The monoisotopic (exact) mass is 206 g/mol. The number of hydrogen-bond donors (Lipinski definition) is 2. The maximum absolute atomic E-state index is 9.93. The minimum atomic E-state index is -1.17. The molecular weight excluding hydrogens is 192 g/mol. The maximum atomic E-state index is 9.93. The zero-order chi connectivity index (χ0) is 11.1. The molecule has 2 heterocycles. The highest BCUT2D eigenvalue weighted by Gasteiger charge is 2.28. The van der Waals surface area contributed by atoms with Gasteiger partial charge in [-0.15, -0.1) is 0 Å². The lowest BCUT2D eigenvalue weighted by Gasteiger charge is -2.23. The standard InChI is InChI=1S/C11H14N2O2/c1-11(2,15)10(14)8-7-12-9-5-3-4-6-13(8)9/h3-7,10,14-15H,1-2H3/t10-/m0/s1. The molecule has 0 aliphatic carbocycles. The van der Waals surface area contributed by atoms with Crippen LogP contribution < -0.4 is 0 Å². The Hall–Kier alpha value is -1.39. The molecule has 0 aliphatic rings. The first-order valence-electron chi connectivity index (χ1n) is 4.82. The van der Waals surface area contributed by atoms with E-state index in [9.17, 15) is 10.2 Å². The molecule has 0 saturated carbocycles. The second kappa shape index (κ2) is 3.32. The van der Waals surface area contributed by atoms with E-state index in [1.807, 2.05) is 24.4 Å². The lowest BCUT2D eigenvalue weighted by molar-refractivity contribution is -0.0521. The molecule has 2 N–H and O–H groups in total. The number of rotatable bonds is 2. The summed E-state index contributed by atoms with van der Waals surface area (Å²) in [6, 6.07) is 5.58. The number of fused-ring (bicyclic) bond motifs is 1. The zero-order valence-electron chi connectivity index (χ0n) is 8.75. The highest BCUT2D eigenvalue weighted by atomic mass is 16.3. The first kappa shape index (κ1) is 10.1. The molecule has 2 aromatic heterocycles. The Balaban J connectivity index is 2.53. The van der Waals surface area contributed by atoms with Gasteiger partial charge in [-0.3, -0.25) is 0 Å². The number of aromatic nitrogens is 2. The Kier molecular flexibility index (Phi) is 2.25. The summed E-state index contributed by atoms with van der Waals surface area (Å²) >= 11 is 0. The van der Waals surface area contributed by atoms with Gasteiger partial charge in [0.15, 0.2) is 0 Å². The topological polar surface area (TPSA) is 57.8 Å². The van der Waals surface area contributed by atoms with Gasteiger partial charge in [0.05, 0.1) is 17.5 Å². The minimum absolute atomic E-state index is 0.595. The highest BCUT2D eigenvalue weighted by molar-refractivity contribution is 5.40. The molecule has 15 heavy (non-hydrogen) atoms. The Morgan fingerprint density at radius 2 is 2.13 bits per heavy atom. The second-order valence-corrected chi connectivity index (χ2v) is 4.17. The fraction of sp³-hybridized carbons (Fsp3) is 0.364. The van der Waals surface area contributed by atoms with Crippen molar-refractivity contribution in [3.8, 4) is 0 Å². The summed E-state index contributed by atoms with van der Waals surface area (Å²) in [5.74, 6) is 0. The smallest absolute Gasteiger partial charge is 0.136 e. The first-order chi connectivity index (χ1) is 7.00. The van der Waals surface area contributed by atoms with Gasteiger partial charge in [0.25, 0.3) is 0 Å². The summed E-state index contributed by atoms with van der Waals surface area (Å²) in [5, 5.41) is 19.7. The van der Waals surface area contributed by atoms with Gasteiger partial charge in [-0.1, -0.05) is 6.07 Å². The molecule has 0 radical (unpaired) electrons. The summed E-state index contributed by atoms with van der Waals surface area (Å²) in [6.45, 7) is 3.14. The lowest BCUT2D eigenvalue weighted by Crippen LogP contribution is -2.29. The fourth-order valence-electron chi connectivity index (χ4n) is 1.52. The third-order valence-electron chi connectivity index (χ3n) is 2.39. The third-order valence-corrected chi connectivity index (χ3v) is 2.39. The van der Waals surface area contributed by atoms with Crippen LogP contribution in [0, 0.1) is 0 Å². The quantitative estimate of drug-likeness (QED) is 0.774. The molecule has 0 spiro atoms. The van der Waals surface area contributed by atoms with Crippen LogP contribution >= 0.6 is 0 Å². The van der Waals surface area contributed by atoms with Crippen molar-refractivity contribution >= 4 is 5.65 Å².